The van der Waals surface area contributed by atoms with Crippen LogP contribution in [0, 0.1) is 5.82 Å². The number of benzene rings is 2. The van der Waals surface area contributed by atoms with Gasteiger partial charge in [0.15, 0.2) is 17.3 Å². The molecule has 1 saturated heterocycles. The maximum atomic E-state index is 13.2. The highest BCUT2D eigenvalue weighted by molar-refractivity contribution is 5.46. The Morgan fingerprint density at radius 2 is 1.70 bits per heavy atom. The molecule has 0 N–H and O–H groups in total. The minimum atomic E-state index is -0.205. The number of halogens is 1. The number of aromatic nitrogens is 4. The van der Waals surface area contributed by atoms with Crippen LogP contribution in [-0.2, 0) is 13.0 Å². The summed E-state index contributed by atoms with van der Waals surface area (Å²) in [5, 5.41) is 12.6. The molecule has 33 heavy (non-hydrogen) atoms. The molecule has 8 nitrogen and oxygen atoms in total. The van der Waals surface area contributed by atoms with Gasteiger partial charge in [-0.1, -0.05) is 13.0 Å². The van der Waals surface area contributed by atoms with E-state index in [1.54, 1.807) is 14.2 Å². The van der Waals surface area contributed by atoms with E-state index < -0.39 is 0 Å². The molecule has 4 rings (SSSR count). The molecule has 0 spiro atoms. The van der Waals surface area contributed by atoms with Gasteiger partial charge in [-0.2, -0.15) is 0 Å². The van der Waals surface area contributed by atoms with Gasteiger partial charge < -0.3 is 14.4 Å². The van der Waals surface area contributed by atoms with Crippen LogP contribution in [-0.4, -0.2) is 65.5 Å². The number of ether oxygens (including phenoxy) is 2. The SMILES string of the molecule is CC[C@@H](c1nnnn1CCc1ccc(OC)c(OC)c1)N1CCN(c2ccc(F)cc2)CC1. The van der Waals surface area contributed by atoms with Gasteiger partial charge in [0.25, 0.3) is 0 Å². The van der Waals surface area contributed by atoms with Crippen LogP contribution < -0.4 is 14.4 Å². The smallest absolute Gasteiger partial charge is 0.168 e. The zero-order valence-electron chi connectivity index (χ0n) is 19.4. The first-order valence-corrected chi connectivity index (χ1v) is 11.3. The largest absolute Gasteiger partial charge is 0.493 e. The van der Waals surface area contributed by atoms with Crippen molar-refractivity contribution in [3.63, 3.8) is 0 Å². The van der Waals surface area contributed by atoms with Crippen molar-refractivity contribution < 1.29 is 13.9 Å². The number of nitrogens with zero attached hydrogens (tertiary/aromatic N) is 6. The second-order valence-corrected chi connectivity index (χ2v) is 8.12. The van der Waals surface area contributed by atoms with Crippen LogP contribution in [0.15, 0.2) is 42.5 Å². The third-order valence-electron chi connectivity index (χ3n) is 6.25. The molecule has 1 aliphatic heterocycles. The molecule has 1 fully saturated rings. The van der Waals surface area contributed by atoms with Crippen molar-refractivity contribution in [1.82, 2.24) is 25.1 Å². The van der Waals surface area contributed by atoms with Crippen LogP contribution >= 0.6 is 0 Å². The van der Waals surface area contributed by atoms with Crippen LogP contribution in [0.5, 0.6) is 11.5 Å². The Balaban J connectivity index is 1.40. The molecule has 0 radical (unpaired) electrons. The van der Waals surface area contributed by atoms with Crippen molar-refractivity contribution in [2.75, 3.05) is 45.3 Å². The lowest BCUT2D eigenvalue weighted by molar-refractivity contribution is 0.169. The summed E-state index contributed by atoms with van der Waals surface area (Å²) in [6, 6.07) is 12.8. The van der Waals surface area contributed by atoms with Crippen LogP contribution in [0.1, 0.15) is 30.8 Å². The van der Waals surface area contributed by atoms with E-state index in [9.17, 15) is 4.39 Å². The molecule has 0 saturated carbocycles. The minimum Gasteiger partial charge on any atom is -0.493 e. The van der Waals surface area contributed by atoms with Crippen molar-refractivity contribution >= 4 is 5.69 Å². The summed E-state index contributed by atoms with van der Waals surface area (Å²) >= 11 is 0. The third-order valence-corrected chi connectivity index (χ3v) is 6.25. The molecule has 1 aromatic heterocycles. The van der Waals surface area contributed by atoms with Gasteiger partial charge in [-0.3, -0.25) is 4.90 Å². The Kier molecular flexibility index (Phi) is 7.39. The van der Waals surface area contributed by atoms with Crippen molar-refractivity contribution in [3.05, 3.63) is 59.7 Å². The summed E-state index contributed by atoms with van der Waals surface area (Å²) in [7, 11) is 3.28. The molecule has 0 aliphatic carbocycles. The second kappa shape index (κ2) is 10.6. The van der Waals surface area contributed by atoms with Gasteiger partial charge in [-0.15, -0.1) is 5.10 Å². The van der Waals surface area contributed by atoms with Crippen LogP contribution in [0.4, 0.5) is 10.1 Å². The molecule has 0 amide bonds. The Morgan fingerprint density at radius 1 is 0.970 bits per heavy atom. The van der Waals surface area contributed by atoms with Crippen LogP contribution in [0.2, 0.25) is 0 Å². The number of anilines is 1. The van der Waals surface area contributed by atoms with Crippen LogP contribution in [0.25, 0.3) is 0 Å². The molecule has 176 valence electrons. The quantitative estimate of drug-likeness (QED) is 0.491. The van der Waals surface area contributed by atoms with Crippen molar-refractivity contribution in [2.45, 2.75) is 32.4 Å². The minimum absolute atomic E-state index is 0.153. The first-order chi connectivity index (χ1) is 16.1. The van der Waals surface area contributed by atoms with Crippen LogP contribution in [0.3, 0.4) is 0 Å². The number of rotatable bonds is 9. The molecular formula is C24H31FN6O2. The zero-order chi connectivity index (χ0) is 23.2. The number of hydrogen-bond acceptors (Lipinski definition) is 7. The van der Waals surface area contributed by atoms with E-state index in [-0.39, 0.29) is 11.9 Å². The molecule has 2 aromatic carbocycles. The monoisotopic (exact) mass is 454 g/mol. The molecule has 0 bridgehead atoms. The van der Waals surface area contributed by atoms with E-state index in [2.05, 4.69) is 32.2 Å². The van der Waals surface area contributed by atoms with E-state index >= 15 is 0 Å². The zero-order valence-corrected chi connectivity index (χ0v) is 19.4. The Hall–Kier alpha value is -3.20. The summed E-state index contributed by atoms with van der Waals surface area (Å²) in [4.78, 5) is 4.74. The van der Waals surface area contributed by atoms with E-state index in [1.807, 2.05) is 35.0 Å². The summed E-state index contributed by atoms with van der Waals surface area (Å²) in [6.45, 7) is 6.43. The fourth-order valence-corrected chi connectivity index (χ4v) is 4.43. The average Bonchev–Trinajstić information content (AvgIpc) is 3.32. The highest BCUT2D eigenvalue weighted by atomic mass is 19.1. The Bertz CT molecular complexity index is 1030. The normalized spacial score (nSPS) is 15.5. The number of methoxy groups -OCH3 is 2. The average molecular weight is 455 g/mol. The Morgan fingerprint density at radius 3 is 2.36 bits per heavy atom. The lowest BCUT2D eigenvalue weighted by Gasteiger charge is -2.39. The van der Waals surface area contributed by atoms with E-state index in [1.165, 1.54) is 12.1 Å². The van der Waals surface area contributed by atoms with E-state index in [0.717, 1.165) is 67.6 Å². The van der Waals surface area contributed by atoms with Crippen molar-refractivity contribution in [2.24, 2.45) is 0 Å². The maximum absolute atomic E-state index is 13.2. The molecule has 9 heteroatoms. The standard InChI is InChI=1S/C24H31FN6O2/c1-4-21(30-15-13-29(14-16-30)20-8-6-19(25)7-9-20)24-26-27-28-31(24)12-11-18-5-10-22(32-2)23(17-18)33-3/h5-10,17,21H,4,11-16H2,1-3H3/t21-/m0/s1. The molecule has 3 aromatic rings. The first kappa shape index (κ1) is 23.0. The fourth-order valence-electron chi connectivity index (χ4n) is 4.43. The van der Waals surface area contributed by atoms with E-state index in [4.69, 9.17) is 9.47 Å². The highest BCUT2D eigenvalue weighted by Gasteiger charge is 2.28. The summed E-state index contributed by atoms with van der Waals surface area (Å²) < 4.78 is 25.9. The first-order valence-electron chi connectivity index (χ1n) is 11.3. The summed E-state index contributed by atoms with van der Waals surface area (Å²) in [6.07, 6.45) is 1.71. The van der Waals surface area contributed by atoms with Gasteiger partial charge in [0, 0.05) is 38.4 Å². The number of piperazine rings is 1. The van der Waals surface area contributed by atoms with Gasteiger partial charge >= 0.3 is 0 Å². The predicted octanol–water partition coefficient (Wildman–Crippen LogP) is 3.35. The topological polar surface area (TPSA) is 68.5 Å². The van der Waals surface area contributed by atoms with Crippen molar-refractivity contribution in [1.29, 1.82) is 0 Å². The van der Waals surface area contributed by atoms with Gasteiger partial charge in [-0.25, -0.2) is 9.07 Å². The van der Waals surface area contributed by atoms with Gasteiger partial charge in [0.05, 0.1) is 20.3 Å². The molecule has 0 unspecified atom stereocenters. The number of hydrogen-bond donors (Lipinski definition) is 0. The number of tetrazole rings is 1. The summed E-state index contributed by atoms with van der Waals surface area (Å²) in [5.41, 5.74) is 2.19. The second-order valence-electron chi connectivity index (χ2n) is 8.12. The van der Waals surface area contributed by atoms with E-state index in [0.29, 0.717) is 6.54 Å². The third kappa shape index (κ3) is 5.24. The lowest BCUT2D eigenvalue weighted by Crippen LogP contribution is -2.48. The molecular weight excluding hydrogens is 423 g/mol. The highest BCUT2D eigenvalue weighted by Crippen LogP contribution is 2.29. The molecule has 1 atom stereocenters. The predicted molar refractivity (Wildman–Crippen MR) is 124 cm³/mol. The van der Waals surface area contributed by atoms with Gasteiger partial charge in [0.1, 0.15) is 5.82 Å². The Labute approximate surface area is 193 Å². The fraction of sp³-hybridized carbons (Fsp3) is 0.458. The molecule has 2 heterocycles. The van der Waals surface area contributed by atoms with Gasteiger partial charge in [-0.05, 0) is 65.2 Å². The van der Waals surface area contributed by atoms with Crippen molar-refractivity contribution in [3.8, 4) is 11.5 Å². The summed E-state index contributed by atoms with van der Waals surface area (Å²) in [5.74, 6) is 2.13. The maximum Gasteiger partial charge on any atom is 0.168 e. The van der Waals surface area contributed by atoms with Gasteiger partial charge in [0.2, 0.25) is 0 Å². The molecule has 1 aliphatic rings. The number of aryl methyl sites for hydroxylation is 2. The lowest BCUT2D eigenvalue weighted by atomic mass is 10.1.